The molecular weight excluding hydrogens is 355 g/mol. The van der Waals surface area contributed by atoms with Crippen molar-refractivity contribution in [1.82, 2.24) is 19.9 Å². The number of hydrogen-bond acceptors (Lipinski definition) is 2. The highest BCUT2D eigenvalue weighted by molar-refractivity contribution is 5.90. The fraction of sp³-hybridized carbons (Fsp3) is 0.273. The average molecular weight is 376 g/mol. The van der Waals surface area contributed by atoms with Crippen LogP contribution in [-0.4, -0.2) is 32.3 Å². The van der Waals surface area contributed by atoms with Gasteiger partial charge >= 0.3 is 0 Å². The van der Waals surface area contributed by atoms with Crippen LogP contribution in [0.1, 0.15) is 36.0 Å². The molecule has 1 atom stereocenters. The summed E-state index contributed by atoms with van der Waals surface area (Å²) in [4.78, 5) is 26.4. The summed E-state index contributed by atoms with van der Waals surface area (Å²) in [6.07, 6.45) is 2.11. The smallest absolute Gasteiger partial charge is 0.227 e. The molecule has 0 aliphatic carbocycles. The van der Waals surface area contributed by atoms with Crippen LogP contribution in [0.15, 0.2) is 42.5 Å². The maximum absolute atomic E-state index is 13.7. The first kappa shape index (κ1) is 17.0. The highest BCUT2D eigenvalue weighted by Gasteiger charge is 2.32. The Morgan fingerprint density at radius 2 is 2.07 bits per heavy atom. The third-order valence-electron chi connectivity index (χ3n) is 5.71. The summed E-state index contributed by atoms with van der Waals surface area (Å²) >= 11 is 0. The molecule has 0 spiro atoms. The Labute approximate surface area is 161 Å². The molecule has 6 heteroatoms. The van der Waals surface area contributed by atoms with Crippen LogP contribution in [0.5, 0.6) is 0 Å². The zero-order valence-corrected chi connectivity index (χ0v) is 15.6. The van der Waals surface area contributed by atoms with Crippen molar-refractivity contribution in [2.75, 3.05) is 6.54 Å². The quantitative estimate of drug-likeness (QED) is 0.557. The maximum atomic E-state index is 13.7. The van der Waals surface area contributed by atoms with Gasteiger partial charge in [-0.25, -0.2) is 9.37 Å². The van der Waals surface area contributed by atoms with Crippen molar-refractivity contribution < 1.29 is 9.18 Å². The normalized spacial score (nSPS) is 17.1. The highest BCUT2D eigenvalue weighted by Crippen LogP contribution is 2.33. The van der Waals surface area contributed by atoms with E-state index in [1.54, 1.807) is 6.07 Å². The monoisotopic (exact) mass is 376 g/mol. The number of benzene rings is 2. The van der Waals surface area contributed by atoms with E-state index in [-0.39, 0.29) is 24.2 Å². The van der Waals surface area contributed by atoms with Crippen LogP contribution < -0.4 is 0 Å². The van der Waals surface area contributed by atoms with Gasteiger partial charge < -0.3 is 14.9 Å². The number of aromatic nitrogens is 3. The predicted molar refractivity (Wildman–Crippen MR) is 106 cm³/mol. The minimum absolute atomic E-state index is 0.0397. The van der Waals surface area contributed by atoms with E-state index in [9.17, 15) is 9.18 Å². The first-order valence-corrected chi connectivity index (χ1v) is 9.61. The van der Waals surface area contributed by atoms with E-state index in [0.29, 0.717) is 0 Å². The van der Waals surface area contributed by atoms with E-state index in [0.717, 1.165) is 58.4 Å². The molecule has 5 nitrogen and oxygen atoms in total. The number of halogens is 1. The fourth-order valence-electron chi connectivity index (χ4n) is 4.32. The predicted octanol–water partition coefficient (Wildman–Crippen LogP) is 4.40. The SMILES string of the molecule is Cc1[nH]c2ccc(F)cc2c1CC(=O)N1CCCC1c1nc2ccccc2[nH]1. The van der Waals surface area contributed by atoms with E-state index in [1.165, 1.54) is 12.1 Å². The number of hydrogen-bond donors (Lipinski definition) is 2. The molecule has 4 aromatic rings. The Morgan fingerprint density at radius 3 is 2.93 bits per heavy atom. The molecule has 1 aliphatic rings. The van der Waals surface area contributed by atoms with E-state index in [4.69, 9.17) is 4.98 Å². The summed E-state index contributed by atoms with van der Waals surface area (Å²) in [6, 6.07) is 12.5. The molecule has 3 heterocycles. The van der Waals surface area contributed by atoms with Crippen LogP contribution in [-0.2, 0) is 11.2 Å². The Balaban J connectivity index is 1.45. The highest BCUT2D eigenvalue weighted by atomic mass is 19.1. The minimum atomic E-state index is -0.290. The number of aryl methyl sites for hydroxylation is 1. The Kier molecular flexibility index (Phi) is 3.93. The average Bonchev–Trinajstić information content (AvgIpc) is 3.39. The van der Waals surface area contributed by atoms with Crippen LogP contribution >= 0.6 is 0 Å². The molecule has 2 N–H and O–H groups in total. The van der Waals surface area contributed by atoms with E-state index < -0.39 is 0 Å². The molecule has 2 aromatic carbocycles. The van der Waals surface area contributed by atoms with E-state index in [1.807, 2.05) is 36.1 Å². The van der Waals surface area contributed by atoms with Crippen molar-refractivity contribution in [3.05, 3.63) is 65.4 Å². The zero-order valence-electron chi connectivity index (χ0n) is 15.6. The second kappa shape index (κ2) is 6.48. The number of H-pyrrole nitrogens is 2. The van der Waals surface area contributed by atoms with Gasteiger partial charge in [0.25, 0.3) is 0 Å². The van der Waals surface area contributed by atoms with Gasteiger partial charge in [0.15, 0.2) is 0 Å². The molecule has 1 aliphatic heterocycles. The number of imidazole rings is 1. The molecule has 28 heavy (non-hydrogen) atoms. The molecule has 1 amide bonds. The first-order chi connectivity index (χ1) is 13.6. The molecule has 1 unspecified atom stereocenters. The van der Waals surface area contributed by atoms with Gasteiger partial charge in [-0.2, -0.15) is 0 Å². The minimum Gasteiger partial charge on any atom is -0.358 e. The fourth-order valence-corrected chi connectivity index (χ4v) is 4.32. The number of amides is 1. The van der Waals surface area contributed by atoms with Gasteiger partial charge in [-0.3, -0.25) is 4.79 Å². The second-order valence-corrected chi connectivity index (χ2v) is 7.48. The third-order valence-corrected chi connectivity index (χ3v) is 5.71. The number of fused-ring (bicyclic) bond motifs is 2. The van der Waals surface area contributed by atoms with Gasteiger partial charge in [0.05, 0.1) is 23.5 Å². The van der Waals surface area contributed by atoms with Crippen molar-refractivity contribution in [2.45, 2.75) is 32.2 Å². The Hall–Kier alpha value is -3.15. The zero-order chi connectivity index (χ0) is 19.3. The van der Waals surface area contributed by atoms with Gasteiger partial charge in [0.1, 0.15) is 11.6 Å². The number of likely N-dealkylation sites (tertiary alicyclic amines) is 1. The standard InChI is InChI=1S/C22H21FN4O/c1-13-15(16-11-14(23)8-9-17(16)24-13)12-21(28)27-10-4-7-20(27)22-25-18-5-2-3-6-19(18)26-22/h2-3,5-6,8-9,11,20,24H,4,7,10,12H2,1H3,(H,25,26). The second-order valence-electron chi connectivity index (χ2n) is 7.48. The van der Waals surface area contributed by atoms with E-state index >= 15 is 0 Å². The van der Waals surface area contributed by atoms with Gasteiger partial charge in [-0.15, -0.1) is 0 Å². The molecular formula is C22H21FN4O. The van der Waals surface area contributed by atoms with Gasteiger partial charge in [-0.05, 0) is 55.7 Å². The lowest BCUT2D eigenvalue weighted by Crippen LogP contribution is -2.32. The third kappa shape index (κ3) is 2.76. The van der Waals surface area contributed by atoms with Gasteiger partial charge in [-0.1, -0.05) is 12.1 Å². The van der Waals surface area contributed by atoms with Crippen LogP contribution in [0.2, 0.25) is 0 Å². The molecule has 2 aromatic heterocycles. The summed E-state index contributed by atoms with van der Waals surface area (Å²) in [7, 11) is 0. The van der Waals surface area contributed by atoms with Crippen molar-refractivity contribution in [3.63, 3.8) is 0 Å². The molecule has 5 rings (SSSR count). The van der Waals surface area contributed by atoms with Crippen molar-refractivity contribution in [3.8, 4) is 0 Å². The Morgan fingerprint density at radius 1 is 1.21 bits per heavy atom. The summed E-state index contributed by atoms with van der Waals surface area (Å²) in [5, 5.41) is 0.783. The lowest BCUT2D eigenvalue weighted by Gasteiger charge is -2.23. The van der Waals surface area contributed by atoms with Crippen LogP contribution in [0, 0.1) is 12.7 Å². The molecule has 142 valence electrons. The lowest BCUT2D eigenvalue weighted by atomic mass is 10.1. The number of aromatic amines is 2. The molecule has 1 saturated heterocycles. The number of nitrogens with one attached hydrogen (secondary N) is 2. The summed E-state index contributed by atoms with van der Waals surface area (Å²) in [5.74, 6) is 0.603. The number of para-hydroxylation sites is 2. The van der Waals surface area contributed by atoms with Crippen LogP contribution in [0.3, 0.4) is 0 Å². The Bertz CT molecular complexity index is 1160. The number of nitrogens with zero attached hydrogens (tertiary/aromatic N) is 2. The maximum Gasteiger partial charge on any atom is 0.227 e. The molecule has 0 saturated carbocycles. The number of carbonyl (C=O) groups excluding carboxylic acids is 1. The van der Waals surface area contributed by atoms with E-state index in [2.05, 4.69) is 9.97 Å². The number of carbonyl (C=O) groups is 1. The van der Waals surface area contributed by atoms with Crippen LogP contribution in [0.25, 0.3) is 21.9 Å². The van der Waals surface area contributed by atoms with Crippen molar-refractivity contribution in [2.24, 2.45) is 0 Å². The topological polar surface area (TPSA) is 64.8 Å². The lowest BCUT2D eigenvalue weighted by molar-refractivity contribution is -0.131. The van der Waals surface area contributed by atoms with Gasteiger partial charge in [0.2, 0.25) is 5.91 Å². The summed E-state index contributed by atoms with van der Waals surface area (Å²) in [6.45, 7) is 2.65. The molecule has 0 bridgehead atoms. The summed E-state index contributed by atoms with van der Waals surface area (Å²) < 4.78 is 13.7. The van der Waals surface area contributed by atoms with Gasteiger partial charge in [0, 0.05) is 23.1 Å². The summed E-state index contributed by atoms with van der Waals surface area (Å²) in [5.41, 5.74) is 4.54. The molecule has 0 radical (unpaired) electrons. The number of rotatable bonds is 3. The van der Waals surface area contributed by atoms with Crippen molar-refractivity contribution >= 4 is 27.8 Å². The van der Waals surface area contributed by atoms with Crippen LogP contribution in [0.4, 0.5) is 4.39 Å². The first-order valence-electron chi connectivity index (χ1n) is 9.61. The molecule has 1 fully saturated rings. The van der Waals surface area contributed by atoms with Crippen molar-refractivity contribution in [1.29, 1.82) is 0 Å². The largest absolute Gasteiger partial charge is 0.358 e.